The zero-order valence-electron chi connectivity index (χ0n) is 19.4. The van der Waals surface area contributed by atoms with Crippen LogP contribution < -0.4 is 10.2 Å². The SMILES string of the molecule is Cc1ccccc1Cn1c(N2CCC(C(=O)NCc3cccc(F)c3)CC2)nc2ccccc21. The molecule has 1 aromatic heterocycles. The average Bonchev–Trinajstić information content (AvgIpc) is 3.22. The van der Waals surface area contributed by atoms with Crippen molar-refractivity contribution in [2.24, 2.45) is 5.92 Å². The standard InChI is InChI=1S/C28H29FN4O/c1-20-7-2-3-9-23(20)19-33-26-12-5-4-11-25(26)31-28(33)32-15-13-22(14-16-32)27(34)30-18-21-8-6-10-24(29)17-21/h2-12,17,22H,13-16,18-19H2,1H3,(H,30,34). The quantitative estimate of drug-likeness (QED) is 0.441. The molecule has 4 aromatic rings. The highest BCUT2D eigenvalue weighted by Gasteiger charge is 2.27. The minimum Gasteiger partial charge on any atom is -0.352 e. The van der Waals surface area contributed by atoms with Crippen molar-refractivity contribution in [1.29, 1.82) is 0 Å². The number of rotatable bonds is 6. The maximum atomic E-state index is 13.4. The maximum absolute atomic E-state index is 13.4. The topological polar surface area (TPSA) is 50.2 Å². The Kier molecular flexibility index (Phi) is 6.30. The van der Waals surface area contributed by atoms with Crippen LogP contribution in [0.15, 0.2) is 72.8 Å². The van der Waals surface area contributed by atoms with Crippen LogP contribution >= 0.6 is 0 Å². The van der Waals surface area contributed by atoms with E-state index in [-0.39, 0.29) is 17.6 Å². The van der Waals surface area contributed by atoms with E-state index in [0.29, 0.717) is 6.54 Å². The molecule has 0 spiro atoms. The molecule has 1 fully saturated rings. The number of hydrogen-bond acceptors (Lipinski definition) is 3. The molecule has 0 atom stereocenters. The van der Waals surface area contributed by atoms with Crippen LogP contribution in [0.4, 0.5) is 10.3 Å². The minimum absolute atomic E-state index is 0.0392. The van der Waals surface area contributed by atoms with Crippen LogP contribution in [0, 0.1) is 18.7 Å². The Hall–Kier alpha value is -3.67. The zero-order chi connectivity index (χ0) is 23.5. The van der Waals surface area contributed by atoms with Crippen molar-refractivity contribution in [1.82, 2.24) is 14.9 Å². The summed E-state index contributed by atoms with van der Waals surface area (Å²) in [6, 6.07) is 23.1. The molecule has 1 aliphatic rings. The molecular formula is C28H29FN4O. The van der Waals surface area contributed by atoms with Gasteiger partial charge in [0, 0.05) is 25.6 Å². The summed E-state index contributed by atoms with van der Waals surface area (Å²) in [5.41, 5.74) is 5.42. The first-order valence-corrected chi connectivity index (χ1v) is 11.9. The monoisotopic (exact) mass is 456 g/mol. The van der Waals surface area contributed by atoms with Crippen LogP contribution in [-0.2, 0) is 17.9 Å². The van der Waals surface area contributed by atoms with Crippen LogP contribution in [0.1, 0.15) is 29.5 Å². The average molecular weight is 457 g/mol. The number of nitrogens with zero attached hydrogens (tertiary/aromatic N) is 3. The van der Waals surface area contributed by atoms with Crippen molar-refractivity contribution in [2.75, 3.05) is 18.0 Å². The van der Waals surface area contributed by atoms with Gasteiger partial charge in [-0.3, -0.25) is 4.79 Å². The molecule has 34 heavy (non-hydrogen) atoms. The predicted molar refractivity (Wildman–Crippen MR) is 133 cm³/mol. The Morgan fingerprint density at radius 3 is 2.59 bits per heavy atom. The highest BCUT2D eigenvalue weighted by Crippen LogP contribution is 2.28. The third-order valence-corrected chi connectivity index (χ3v) is 6.73. The minimum atomic E-state index is -0.284. The number of imidazole rings is 1. The Morgan fingerprint density at radius 1 is 1.03 bits per heavy atom. The third kappa shape index (κ3) is 4.67. The number of aryl methyl sites for hydroxylation is 1. The van der Waals surface area contributed by atoms with E-state index in [1.807, 2.05) is 12.1 Å². The number of amides is 1. The summed E-state index contributed by atoms with van der Waals surface area (Å²) in [4.78, 5) is 20.0. The summed E-state index contributed by atoms with van der Waals surface area (Å²) in [5, 5.41) is 2.98. The molecular weight excluding hydrogens is 427 g/mol. The molecule has 0 aliphatic carbocycles. The summed E-state index contributed by atoms with van der Waals surface area (Å²) in [5.74, 6) is 0.674. The van der Waals surface area contributed by atoms with Crippen LogP contribution in [0.5, 0.6) is 0 Å². The summed E-state index contributed by atoms with van der Waals surface area (Å²) < 4.78 is 15.7. The molecule has 0 radical (unpaired) electrons. The fourth-order valence-electron chi connectivity index (χ4n) is 4.74. The number of aromatic nitrogens is 2. The van der Waals surface area contributed by atoms with Gasteiger partial charge in [0.25, 0.3) is 0 Å². The number of carbonyl (C=O) groups is 1. The second kappa shape index (κ2) is 9.67. The summed E-state index contributed by atoms with van der Waals surface area (Å²) in [7, 11) is 0. The van der Waals surface area contributed by atoms with Gasteiger partial charge in [0.1, 0.15) is 5.82 Å². The maximum Gasteiger partial charge on any atom is 0.223 e. The van der Waals surface area contributed by atoms with Gasteiger partial charge in [-0.15, -0.1) is 0 Å². The molecule has 1 amide bonds. The molecule has 5 nitrogen and oxygen atoms in total. The van der Waals surface area contributed by atoms with Gasteiger partial charge < -0.3 is 14.8 Å². The van der Waals surface area contributed by atoms with Gasteiger partial charge in [-0.2, -0.15) is 0 Å². The van der Waals surface area contributed by atoms with Crippen molar-refractivity contribution in [3.63, 3.8) is 0 Å². The van der Waals surface area contributed by atoms with Gasteiger partial charge in [0.05, 0.1) is 17.6 Å². The Bertz CT molecular complexity index is 1310. The zero-order valence-corrected chi connectivity index (χ0v) is 19.4. The molecule has 3 aromatic carbocycles. The second-order valence-electron chi connectivity index (χ2n) is 9.02. The molecule has 2 heterocycles. The Labute approximate surface area is 199 Å². The molecule has 6 heteroatoms. The fourth-order valence-corrected chi connectivity index (χ4v) is 4.74. The lowest BCUT2D eigenvalue weighted by Crippen LogP contribution is -2.41. The van der Waals surface area contributed by atoms with Crippen LogP contribution in [0.3, 0.4) is 0 Å². The van der Waals surface area contributed by atoms with Crippen molar-refractivity contribution < 1.29 is 9.18 Å². The third-order valence-electron chi connectivity index (χ3n) is 6.73. The first kappa shape index (κ1) is 22.1. The van der Waals surface area contributed by atoms with E-state index in [0.717, 1.165) is 55.0 Å². The van der Waals surface area contributed by atoms with Crippen LogP contribution in [0.2, 0.25) is 0 Å². The number of carbonyl (C=O) groups excluding carboxylic acids is 1. The molecule has 0 saturated carbocycles. The molecule has 1 aliphatic heterocycles. The van der Waals surface area contributed by atoms with E-state index in [1.54, 1.807) is 6.07 Å². The second-order valence-corrected chi connectivity index (χ2v) is 9.02. The highest BCUT2D eigenvalue weighted by atomic mass is 19.1. The number of hydrogen-bond donors (Lipinski definition) is 1. The largest absolute Gasteiger partial charge is 0.352 e. The molecule has 0 unspecified atom stereocenters. The number of para-hydroxylation sites is 2. The molecule has 5 rings (SSSR count). The molecule has 174 valence electrons. The number of halogens is 1. The first-order valence-electron chi connectivity index (χ1n) is 11.9. The van der Waals surface area contributed by atoms with E-state index >= 15 is 0 Å². The summed E-state index contributed by atoms with van der Waals surface area (Å²) in [6.07, 6.45) is 1.53. The van der Waals surface area contributed by atoms with E-state index in [9.17, 15) is 9.18 Å². The van der Waals surface area contributed by atoms with Gasteiger partial charge in [-0.25, -0.2) is 9.37 Å². The summed E-state index contributed by atoms with van der Waals surface area (Å²) in [6.45, 7) is 4.80. The van der Waals surface area contributed by atoms with Crippen LogP contribution in [0.25, 0.3) is 11.0 Å². The number of benzene rings is 3. The van der Waals surface area contributed by atoms with E-state index in [4.69, 9.17) is 4.98 Å². The summed E-state index contributed by atoms with van der Waals surface area (Å²) >= 11 is 0. The van der Waals surface area contributed by atoms with Crippen molar-refractivity contribution in [2.45, 2.75) is 32.9 Å². The highest BCUT2D eigenvalue weighted by molar-refractivity contribution is 5.80. The lowest BCUT2D eigenvalue weighted by molar-refractivity contribution is -0.125. The molecule has 1 N–H and O–H groups in total. The predicted octanol–water partition coefficient (Wildman–Crippen LogP) is 5.06. The van der Waals surface area contributed by atoms with Gasteiger partial charge in [-0.05, 0) is 60.7 Å². The lowest BCUT2D eigenvalue weighted by atomic mass is 9.96. The fraction of sp³-hybridized carbons (Fsp3) is 0.286. The van der Waals surface area contributed by atoms with Gasteiger partial charge >= 0.3 is 0 Å². The Morgan fingerprint density at radius 2 is 1.79 bits per heavy atom. The number of anilines is 1. The Balaban J connectivity index is 1.29. The van der Waals surface area contributed by atoms with Crippen molar-refractivity contribution in [3.05, 3.63) is 95.3 Å². The van der Waals surface area contributed by atoms with Crippen molar-refractivity contribution >= 4 is 22.9 Å². The smallest absolute Gasteiger partial charge is 0.223 e. The van der Waals surface area contributed by atoms with E-state index in [1.165, 1.54) is 23.3 Å². The van der Waals surface area contributed by atoms with Crippen molar-refractivity contribution in [3.8, 4) is 0 Å². The van der Waals surface area contributed by atoms with Crippen LogP contribution in [-0.4, -0.2) is 28.5 Å². The molecule has 1 saturated heterocycles. The number of nitrogens with one attached hydrogen (secondary N) is 1. The normalized spacial score (nSPS) is 14.5. The van der Waals surface area contributed by atoms with Gasteiger partial charge in [0.15, 0.2) is 0 Å². The number of fused-ring (bicyclic) bond motifs is 1. The lowest BCUT2D eigenvalue weighted by Gasteiger charge is -2.32. The van der Waals surface area contributed by atoms with Gasteiger partial charge in [0.2, 0.25) is 11.9 Å². The first-order chi connectivity index (χ1) is 16.6. The number of piperidine rings is 1. The van der Waals surface area contributed by atoms with Gasteiger partial charge in [-0.1, -0.05) is 48.5 Å². The van der Waals surface area contributed by atoms with E-state index in [2.05, 4.69) is 64.2 Å². The van der Waals surface area contributed by atoms with E-state index < -0.39 is 0 Å². The molecule has 0 bridgehead atoms.